The Hall–Kier alpha value is -2.58. The first kappa shape index (κ1) is 24.1. The minimum atomic E-state index is -3.82. The second kappa shape index (κ2) is 11.3. The minimum absolute atomic E-state index is 0.0495. The third-order valence-corrected chi connectivity index (χ3v) is 6.95. The van der Waals surface area contributed by atoms with Crippen molar-refractivity contribution in [1.82, 2.24) is 10.2 Å². The highest BCUT2D eigenvalue weighted by atomic mass is 32.2. The number of likely N-dealkylation sites (tertiary alicyclic amines) is 1. The van der Waals surface area contributed by atoms with Crippen molar-refractivity contribution in [2.24, 2.45) is 0 Å². The van der Waals surface area contributed by atoms with Gasteiger partial charge in [-0.05, 0) is 75.2 Å². The van der Waals surface area contributed by atoms with Gasteiger partial charge in [0.2, 0.25) is 0 Å². The molecule has 7 nitrogen and oxygen atoms in total. The molecule has 1 amide bonds. The summed E-state index contributed by atoms with van der Waals surface area (Å²) in [5, 5.41) is 3.06. The van der Waals surface area contributed by atoms with Crippen LogP contribution in [0, 0.1) is 0 Å². The standard InChI is InChI=1S/C24H33N3O4S/c1-3-5-15-27-16-13-20(14-17-27)25-24(28)19-7-6-8-23(18-19)32(29,30)26-21-9-11-22(12-10-21)31-4-2/h6-12,18,20,26H,3-5,13-17H2,1-2H3,(H,25,28). The number of ether oxygens (including phenoxy) is 1. The summed E-state index contributed by atoms with van der Waals surface area (Å²) in [5.41, 5.74) is 0.770. The fraction of sp³-hybridized carbons (Fsp3) is 0.458. The lowest BCUT2D eigenvalue weighted by molar-refractivity contribution is 0.0910. The lowest BCUT2D eigenvalue weighted by Crippen LogP contribution is -2.44. The summed E-state index contributed by atoms with van der Waals surface area (Å²) in [7, 11) is -3.82. The molecule has 1 fully saturated rings. The van der Waals surface area contributed by atoms with Crippen LogP contribution in [0.25, 0.3) is 0 Å². The molecule has 2 aromatic rings. The Bertz CT molecular complexity index is 985. The largest absolute Gasteiger partial charge is 0.494 e. The number of hydrogen-bond donors (Lipinski definition) is 2. The zero-order chi connectivity index (χ0) is 23.0. The summed E-state index contributed by atoms with van der Waals surface area (Å²) in [6.45, 7) is 7.68. The van der Waals surface area contributed by atoms with Gasteiger partial charge in [0, 0.05) is 30.4 Å². The lowest BCUT2D eigenvalue weighted by Gasteiger charge is -2.32. The predicted molar refractivity (Wildman–Crippen MR) is 127 cm³/mol. The van der Waals surface area contributed by atoms with Gasteiger partial charge in [-0.3, -0.25) is 9.52 Å². The summed E-state index contributed by atoms with van der Waals surface area (Å²) >= 11 is 0. The van der Waals surface area contributed by atoms with Crippen molar-refractivity contribution >= 4 is 21.6 Å². The maximum absolute atomic E-state index is 12.8. The molecule has 1 aliphatic heterocycles. The van der Waals surface area contributed by atoms with Crippen LogP contribution >= 0.6 is 0 Å². The van der Waals surface area contributed by atoms with E-state index in [9.17, 15) is 13.2 Å². The van der Waals surface area contributed by atoms with E-state index in [4.69, 9.17) is 4.74 Å². The fourth-order valence-electron chi connectivity index (χ4n) is 3.76. The molecular weight excluding hydrogens is 426 g/mol. The third-order valence-electron chi connectivity index (χ3n) is 5.57. The van der Waals surface area contributed by atoms with Crippen LogP contribution in [-0.2, 0) is 10.0 Å². The molecule has 8 heteroatoms. The Morgan fingerprint density at radius 1 is 1.09 bits per heavy atom. The van der Waals surface area contributed by atoms with E-state index in [-0.39, 0.29) is 16.8 Å². The van der Waals surface area contributed by atoms with Gasteiger partial charge in [0.25, 0.3) is 15.9 Å². The maximum atomic E-state index is 12.8. The van der Waals surface area contributed by atoms with E-state index < -0.39 is 10.0 Å². The van der Waals surface area contributed by atoms with Crippen molar-refractivity contribution in [2.75, 3.05) is 31.0 Å². The Balaban J connectivity index is 1.61. The smallest absolute Gasteiger partial charge is 0.261 e. The van der Waals surface area contributed by atoms with Crippen LogP contribution in [0.1, 0.15) is 49.9 Å². The highest BCUT2D eigenvalue weighted by Crippen LogP contribution is 2.20. The van der Waals surface area contributed by atoms with E-state index in [0.29, 0.717) is 23.6 Å². The molecule has 0 bridgehead atoms. The number of sulfonamides is 1. The van der Waals surface area contributed by atoms with E-state index in [2.05, 4.69) is 21.9 Å². The molecule has 0 aromatic heterocycles. The van der Waals surface area contributed by atoms with Gasteiger partial charge >= 0.3 is 0 Å². The summed E-state index contributed by atoms with van der Waals surface area (Å²) in [6.07, 6.45) is 4.20. The van der Waals surface area contributed by atoms with Crippen molar-refractivity contribution < 1.29 is 17.9 Å². The SMILES string of the molecule is CCCCN1CCC(NC(=O)c2cccc(S(=O)(=O)Nc3ccc(OCC)cc3)c2)CC1. The number of nitrogens with zero attached hydrogens (tertiary/aromatic N) is 1. The van der Waals surface area contributed by atoms with Gasteiger partial charge in [-0.1, -0.05) is 19.4 Å². The van der Waals surface area contributed by atoms with Crippen molar-refractivity contribution in [3.8, 4) is 5.75 Å². The number of nitrogens with one attached hydrogen (secondary N) is 2. The van der Waals surface area contributed by atoms with Crippen LogP contribution in [0.4, 0.5) is 5.69 Å². The van der Waals surface area contributed by atoms with Crippen molar-refractivity contribution in [3.63, 3.8) is 0 Å². The zero-order valence-electron chi connectivity index (χ0n) is 18.8. The molecule has 0 atom stereocenters. The molecule has 1 heterocycles. The van der Waals surface area contributed by atoms with Crippen LogP contribution in [0.3, 0.4) is 0 Å². The van der Waals surface area contributed by atoms with E-state index in [1.165, 1.54) is 25.0 Å². The monoisotopic (exact) mass is 459 g/mol. The molecule has 2 aromatic carbocycles. The highest BCUT2D eigenvalue weighted by molar-refractivity contribution is 7.92. The number of benzene rings is 2. The van der Waals surface area contributed by atoms with Crippen LogP contribution in [0.15, 0.2) is 53.4 Å². The summed E-state index contributed by atoms with van der Waals surface area (Å²) in [4.78, 5) is 15.2. The van der Waals surface area contributed by atoms with Crippen LogP contribution in [0.2, 0.25) is 0 Å². The van der Waals surface area contributed by atoms with Crippen LogP contribution in [0.5, 0.6) is 5.75 Å². The average molecular weight is 460 g/mol. The molecule has 1 aliphatic rings. The van der Waals surface area contributed by atoms with Crippen LogP contribution < -0.4 is 14.8 Å². The highest BCUT2D eigenvalue weighted by Gasteiger charge is 2.22. The molecular formula is C24H33N3O4S. The van der Waals surface area contributed by atoms with E-state index in [1.54, 1.807) is 36.4 Å². The van der Waals surface area contributed by atoms with E-state index >= 15 is 0 Å². The second-order valence-electron chi connectivity index (χ2n) is 8.03. The van der Waals surface area contributed by atoms with E-state index in [0.717, 1.165) is 32.5 Å². The second-order valence-corrected chi connectivity index (χ2v) is 9.72. The lowest BCUT2D eigenvalue weighted by atomic mass is 10.0. The number of unbranched alkanes of at least 4 members (excludes halogenated alkanes) is 1. The molecule has 0 aliphatic carbocycles. The average Bonchev–Trinajstić information content (AvgIpc) is 2.80. The van der Waals surface area contributed by atoms with Gasteiger partial charge in [-0.15, -0.1) is 0 Å². The number of carbonyl (C=O) groups is 1. The summed E-state index contributed by atoms with van der Waals surface area (Å²) in [5.74, 6) is 0.431. The number of carbonyl (C=O) groups excluding carboxylic acids is 1. The molecule has 0 unspecified atom stereocenters. The number of anilines is 1. The number of rotatable bonds is 10. The molecule has 3 rings (SSSR count). The molecule has 2 N–H and O–H groups in total. The Labute approximate surface area is 191 Å². The molecule has 0 radical (unpaired) electrons. The first-order valence-corrected chi connectivity index (χ1v) is 12.8. The van der Waals surface area contributed by atoms with Crippen molar-refractivity contribution in [1.29, 1.82) is 0 Å². The normalized spacial score (nSPS) is 15.3. The third kappa shape index (κ3) is 6.71. The molecule has 0 spiro atoms. The van der Waals surface area contributed by atoms with Gasteiger partial charge in [-0.2, -0.15) is 0 Å². The van der Waals surface area contributed by atoms with Gasteiger partial charge in [0.05, 0.1) is 11.5 Å². The molecule has 32 heavy (non-hydrogen) atoms. The van der Waals surface area contributed by atoms with Gasteiger partial charge in [0.1, 0.15) is 5.75 Å². The quantitative estimate of drug-likeness (QED) is 0.563. The maximum Gasteiger partial charge on any atom is 0.261 e. The Kier molecular flexibility index (Phi) is 8.53. The van der Waals surface area contributed by atoms with Gasteiger partial charge in [-0.25, -0.2) is 8.42 Å². The van der Waals surface area contributed by atoms with E-state index in [1.807, 2.05) is 6.92 Å². The summed E-state index contributed by atoms with van der Waals surface area (Å²) < 4.78 is 33.6. The number of amides is 1. The molecule has 174 valence electrons. The topological polar surface area (TPSA) is 87.7 Å². The first-order valence-electron chi connectivity index (χ1n) is 11.3. The first-order chi connectivity index (χ1) is 15.4. The van der Waals surface area contributed by atoms with Gasteiger partial charge < -0.3 is 15.0 Å². The van der Waals surface area contributed by atoms with Crippen LogP contribution in [-0.4, -0.2) is 51.5 Å². The zero-order valence-corrected chi connectivity index (χ0v) is 19.7. The van der Waals surface area contributed by atoms with Crippen molar-refractivity contribution in [3.05, 3.63) is 54.1 Å². The Morgan fingerprint density at radius 2 is 1.81 bits per heavy atom. The summed E-state index contributed by atoms with van der Waals surface area (Å²) in [6, 6.07) is 13.0. The Morgan fingerprint density at radius 3 is 2.47 bits per heavy atom. The molecule has 0 saturated carbocycles. The number of piperidine rings is 1. The van der Waals surface area contributed by atoms with Gasteiger partial charge in [0.15, 0.2) is 0 Å². The van der Waals surface area contributed by atoms with Crippen molar-refractivity contribution in [2.45, 2.75) is 50.5 Å². The molecule has 1 saturated heterocycles. The number of hydrogen-bond acceptors (Lipinski definition) is 5. The fourth-order valence-corrected chi connectivity index (χ4v) is 4.86. The predicted octanol–water partition coefficient (Wildman–Crippen LogP) is 3.88. The minimum Gasteiger partial charge on any atom is -0.494 e.